The van der Waals surface area contributed by atoms with Gasteiger partial charge in [-0.2, -0.15) is 0 Å². The lowest BCUT2D eigenvalue weighted by molar-refractivity contribution is -0.660. The van der Waals surface area contributed by atoms with Crippen LogP contribution in [0.25, 0.3) is 29.2 Å². The molecular weight excluding hydrogens is 334 g/mol. The van der Waals surface area contributed by atoms with Crippen molar-refractivity contribution in [3.05, 3.63) is 76.6 Å². The summed E-state index contributed by atoms with van der Waals surface area (Å²) in [6, 6.07) is 19.3. The van der Waals surface area contributed by atoms with Crippen LogP contribution in [0.15, 0.2) is 70.6 Å². The number of aromatic nitrogens is 3. The molecule has 4 rings (SSSR count). The van der Waals surface area contributed by atoms with Gasteiger partial charge in [-0.1, -0.05) is 54.6 Å². The Labute approximate surface area is 148 Å². The minimum atomic E-state index is -0.507. The lowest BCUT2D eigenvalue weighted by atomic mass is 10.2. The second-order valence-electron chi connectivity index (χ2n) is 5.27. The van der Waals surface area contributed by atoms with Crippen LogP contribution < -0.4 is 9.79 Å². The van der Waals surface area contributed by atoms with Crippen molar-refractivity contribution in [3.63, 3.8) is 0 Å². The van der Waals surface area contributed by atoms with Crippen LogP contribution in [0.2, 0.25) is 0 Å². The smallest absolute Gasteiger partial charge is 0.289 e. The third-order valence-corrected chi connectivity index (χ3v) is 4.40. The molecule has 0 aliphatic rings. The van der Waals surface area contributed by atoms with Crippen LogP contribution in [0.3, 0.4) is 0 Å². The summed E-state index contributed by atoms with van der Waals surface area (Å²) in [6.45, 7) is 0. The standard InChI is InChI=1S/C19H13N3O2S/c23-19-18(22(21-24-19)15-9-5-2-6-10-15)16-13-25-17(20-16)12-11-14-7-3-1-4-8-14/h1-13H/b12-11+. The minimum absolute atomic E-state index is 0.321. The summed E-state index contributed by atoms with van der Waals surface area (Å²) in [6.07, 6.45) is 3.91. The van der Waals surface area contributed by atoms with Gasteiger partial charge in [0.15, 0.2) is 11.6 Å². The Bertz CT molecular complexity index is 1010. The van der Waals surface area contributed by atoms with Gasteiger partial charge in [0.1, 0.15) is 5.01 Å². The van der Waals surface area contributed by atoms with E-state index in [-0.39, 0.29) is 0 Å². The number of rotatable bonds is 4. The van der Waals surface area contributed by atoms with Gasteiger partial charge in [-0.3, -0.25) is 0 Å². The van der Waals surface area contributed by atoms with Gasteiger partial charge in [0, 0.05) is 17.5 Å². The van der Waals surface area contributed by atoms with Gasteiger partial charge in [0.25, 0.3) is 5.69 Å². The highest BCUT2D eigenvalue weighted by molar-refractivity contribution is 7.10. The quantitative estimate of drug-likeness (QED) is 0.531. The minimum Gasteiger partial charge on any atom is -0.539 e. The second-order valence-corrected chi connectivity index (χ2v) is 6.16. The molecule has 0 spiro atoms. The summed E-state index contributed by atoms with van der Waals surface area (Å²) < 4.78 is 6.32. The highest BCUT2D eigenvalue weighted by Gasteiger charge is 2.24. The Morgan fingerprint density at radius 1 is 0.960 bits per heavy atom. The second kappa shape index (κ2) is 6.70. The summed E-state index contributed by atoms with van der Waals surface area (Å²) in [5.74, 6) is -0.507. The Balaban J connectivity index is 1.67. The predicted octanol–water partition coefficient (Wildman–Crippen LogP) is 3.32. The average molecular weight is 347 g/mol. The molecule has 5 nitrogen and oxygen atoms in total. The van der Waals surface area contributed by atoms with Gasteiger partial charge in [0.2, 0.25) is 5.69 Å². The number of thiazole rings is 1. The van der Waals surface area contributed by atoms with E-state index in [1.807, 2.05) is 78.2 Å². The van der Waals surface area contributed by atoms with Crippen molar-refractivity contribution >= 4 is 23.5 Å². The molecule has 0 amide bonds. The van der Waals surface area contributed by atoms with Crippen molar-refractivity contribution in [3.8, 4) is 23.0 Å². The van der Waals surface area contributed by atoms with Gasteiger partial charge < -0.3 is 9.63 Å². The third-order valence-electron chi connectivity index (χ3n) is 3.59. The maximum Gasteiger partial charge on any atom is 0.289 e. The molecular formula is C19H13N3O2S. The summed E-state index contributed by atoms with van der Waals surface area (Å²) >= 11 is 1.46. The Morgan fingerprint density at radius 3 is 2.44 bits per heavy atom. The fraction of sp³-hybridized carbons (Fsp3) is 0. The van der Waals surface area contributed by atoms with Gasteiger partial charge in [0.05, 0.1) is 5.27 Å². The molecule has 0 saturated carbocycles. The van der Waals surface area contributed by atoms with Crippen LogP contribution in [0.4, 0.5) is 0 Å². The molecule has 0 atom stereocenters. The van der Waals surface area contributed by atoms with Crippen LogP contribution in [-0.4, -0.2) is 10.3 Å². The fourth-order valence-electron chi connectivity index (χ4n) is 2.41. The van der Waals surface area contributed by atoms with Crippen molar-refractivity contribution in [2.45, 2.75) is 0 Å². The first-order valence-corrected chi connectivity index (χ1v) is 8.53. The van der Waals surface area contributed by atoms with Gasteiger partial charge in [-0.05, 0) is 16.3 Å². The summed E-state index contributed by atoms with van der Waals surface area (Å²) in [4.78, 5) is 4.53. The Hall–Kier alpha value is -3.25. The van der Waals surface area contributed by atoms with Crippen molar-refractivity contribution in [1.29, 1.82) is 0 Å². The van der Waals surface area contributed by atoms with Crippen molar-refractivity contribution in [2.75, 3.05) is 0 Å². The zero-order valence-corrected chi connectivity index (χ0v) is 13.9. The molecule has 122 valence electrons. The molecule has 4 aromatic rings. The molecule has 2 aromatic carbocycles. The molecule has 2 aromatic heterocycles. The first-order valence-electron chi connectivity index (χ1n) is 7.65. The predicted molar refractivity (Wildman–Crippen MR) is 94.0 cm³/mol. The molecule has 6 heteroatoms. The normalized spacial score (nSPS) is 11.2. The fourth-order valence-corrected chi connectivity index (χ4v) is 3.11. The molecule has 2 heterocycles. The molecule has 0 saturated heterocycles. The van der Waals surface area contributed by atoms with Gasteiger partial charge in [-0.25, -0.2) is 4.98 Å². The number of nitrogens with zero attached hydrogens (tertiary/aromatic N) is 3. The van der Waals surface area contributed by atoms with E-state index >= 15 is 0 Å². The molecule has 25 heavy (non-hydrogen) atoms. The lowest BCUT2D eigenvalue weighted by Crippen LogP contribution is -2.34. The van der Waals surface area contributed by atoms with Crippen molar-refractivity contribution < 1.29 is 14.3 Å². The van der Waals surface area contributed by atoms with E-state index in [0.29, 0.717) is 11.4 Å². The largest absolute Gasteiger partial charge is 0.539 e. The van der Waals surface area contributed by atoms with Gasteiger partial charge in [-0.15, -0.1) is 11.3 Å². The van der Waals surface area contributed by atoms with Crippen LogP contribution in [0.5, 0.6) is 5.95 Å². The molecule has 0 aliphatic heterocycles. The molecule has 0 aliphatic carbocycles. The van der Waals surface area contributed by atoms with E-state index in [1.54, 1.807) is 0 Å². The number of hydrogen-bond donors (Lipinski definition) is 0. The monoisotopic (exact) mass is 347 g/mol. The van der Waals surface area contributed by atoms with Crippen molar-refractivity contribution in [1.82, 2.24) is 10.3 Å². The highest BCUT2D eigenvalue weighted by Crippen LogP contribution is 2.26. The lowest BCUT2D eigenvalue weighted by Gasteiger charge is -1.94. The molecule has 0 fully saturated rings. The van der Waals surface area contributed by atoms with E-state index in [0.717, 1.165) is 16.3 Å². The molecule has 0 bridgehead atoms. The Kier molecular flexibility index (Phi) is 4.10. The van der Waals surface area contributed by atoms with Crippen LogP contribution >= 0.6 is 11.3 Å². The van der Waals surface area contributed by atoms with E-state index in [9.17, 15) is 5.11 Å². The maximum absolute atomic E-state index is 12.1. The van der Waals surface area contributed by atoms with E-state index in [4.69, 9.17) is 4.52 Å². The van der Waals surface area contributed by atoms with Crippen molar-refractivity contribution in [2.24, 2.45) is 0 Å². The Morgan fingerprint density at radius 2 is 1.68 bits per heavy atom. The summed E-state index contributed by atoms with van der Waals surface area (Å²) in [7, 11) is 0. The van der Waals surface area contributed by atoms with Crippen LogP contribution in [-0.2, 0) is 0 Å². The maximum atomic E-state index is 12.1. The van der Waals surface area contributed by atoms with Crippen LogP contribution in [0, 0.1) is 0 Å². The van der Waals surface area contributed by atoms with E-state index in [1.165, 1.54) is 16.0 Å². The SMILES string of the molecule is [O-]c1on[n+](-c2ccccc2)c1-c1csc(/C=C/c2ccccc2)n1. The van der Waals surface area contributed by atoms with Crippen LogP contribution in [0.1, 0.15) is 10.6 Å². The zero-order valence-electron chi connectivity index (χ0n) is 13.1. The summed E-state index contributed by atoms with van der Waals surface area (Å²) in [5.41, 5.74) is 2.71. The van der Waals surface area contributed by atoms with E-state index < -0.39 is 5.95 Å². The number of hydrogen-bond acceptors (Lipinski definition) is 5. The number of para-hydroxylation sites is 1. The zero-order chi connectivity index (χ0) is 17.1. The molecule has 0 N–H and O–H groups in total. The molecule has 0 radical (unpaired) electrons. The highest BCUT2D eigenvalue weighted by atomic mass is 32.1. The van der Waals surface area contributed by atoms with E-state index in [2.05, 4.69) is 10.3 Å². The number of benzene rings is 2. The average Bonchev–Trinajstić information content (AvgIpc) is 3.28. The topological polar surface area (TPSA) is 65.9 Å². The molecule has 0 unspecified atom stereocenters. The summed E-state index contributed by atoms with van der Waals surface area (Å²) in [5, 5.41) is 18.6. The first kappa shape index (κ1) is 15.3. The first-order chi connectivity index (χ1) is 12.3. The van der Waals surface area contributed by atoms with Gasteiger partial charge >= 0.3 is 0 Å². The third kappa shape index (κ3) is 3.20.